The molecule has 0 aliphatic rings. The van der Waals surface area contributed by atoms with Crippen LogP contribution in [0.1, 0.15) is 33.1 Å². The van der Waals surface area contributed by atoms with Crippen LogP contribution in [0.15, 0.2) is 0 Å². The van der Waals surface area contributed by atoms with Crippen LogP contribution in [0.3, 0.4) is 0 Å². The minimum atomic E-state index is 0. The molecule has 0 aliphatic carbocycles. The van der Waals surface area contributed by atoms with Gasteiger partial charge in [0.05, 0.1) is 0 Å². The maximum atomic E-state index is 10.6. The molecule has 0 fully saturated rings. The molecule has 0 bridgehead atoms. The molecule has 0 aromatic heterocycles. The van der Waals surface area contributed by atoms with E-state index in [4.69, 9.17) is 0 Å². The molecule has 1 radical (unpaired) electrons. The van der Waals surface area contributed by atoms with E-state index in [1.807, 2.05) is 6.92 Å². The van der Waals surface area contributed by atoms with E-state index in [0.717, 1.165) is 25.2 Å². The zero-order valence-corrected chi connectivity index (χ0v) is 13.0. The average Bonchev–Trinajstić information content (AvgIpc) is 1.82. The van der Waals surface area contributed by atoms with Gasteiger partial charge in [-0.1, -0.05) is 0 Å². The number of unbranched alkanes of at least 4 members (excludes halogenated alkanes) is 1. The summed E-state index contributed by atoms with van der Waals surface area (Å²) in [5.41, 5.74) is 0. The van der Waals surface area contributed by atoms with Gasteiger partial charge in [-0.3, -0.25) is 0 Å². The molecule has 0 N–H and O–H groups in total. The number of Topliss-reactive ketones (excluding diaryl/α,β-unsaturated/α-hetero) is 1. The van der Waals surface area contributed by atoms with Gasteiger partial charge in [0.2, 0.25) is 0 Å². The second-order valence-corrected chi connectivity index (χ2v) is 2.29. The molecular formula is C8H14OWY-2. The van der Waals surface area contributed by atoms with E-state index in [1.165, 1.54) is 0 Å². The fourth-order valence-electron chi connectivity index (χ4n) is 0.566. The molecule has 0 saturated heterocycles. The van der Waals surface area contributed by atoms with Crippen LogP contribution in [0, 0.1) is 12.8 Å². The maximum absolute atomic E-state index is 10.6. The van der Waals surface area contributed by atoms with Crippen molar-refractivity contribution < 1.29 is 58.6 Å². The second-order valence-electron chi connectivity index (χ2n) is 2.29. The van der Waals surface area contributed by atoms with Gasteiger partial charge < -0.3 is 17.6 Å². The second kappa shape index (κ2) is 11.3. The van der Waals surface area contributed by atoms with Gasteiger partial charge in [-0.05, 0) is 12.7 Å². The number of hydrogen-bond donors (Lipinski definition) is 0. The minimum absolute atomic E-state index is 0. The molecule has 63 valence electrons. The average molecular weight is 399 g/mol. The van der Waals surface area contributed by atoms with Gasteiger partial charge >= 0.3 is 0 Å². The van der Waals surface area contributed by atoms with Crippen molar-refractivity contribution in [2.24, 2.45) is 0 Å². The van der Waals surface area contributed by atoms with E-state index >= 15 is 0 Å². The molecule has 0 unspecified atom stereocenters. The Morgan fingerprint density at radius 2 is 2.00 bits per heavy atom. The first-order chi connectivity index (χ1) is 4.18. The molecule has 11 heavy (non-hydrogen) atoms. The van der Waals surface area contributed by atoms with Gasteiger partial charge in [-0.25, -0.2) is 0 Å². The van der Waals surface area contributed by atoms with Crippen LogP contribution in [-0.2, 0) is 58.6 Å². The Morgan fingerprint density at radius 3 is 2.27 bits per heavy atom. The van der Waals surface area contributed by atoms with Crippen LogP contribution in [-0.4, -0.2) is 5.78 Å². The van der Waals surface area contributed by atoms with Crippen molar-refractivity contribution in [3.8, 4) is 0 Å². The van der Waals surface area contributed by atoms with Crippen molar-refractivity contribution in [2.75, 3.05) is 0 Å². The first-order valence-electron chi connectivity index (χ1n) is 3.31. The Balaban J connectivity index is -0.000000320. The van der Waals surface area contributed by atoms with Crippen LogP contribution in [0.4, 0.5) is 0 Å². The van der Waals surface area contributed by atoms with Crippen molar-refractivity contribution in [1.29, 1.82) is 0 Å². The third-order valence-electron chi connectivity index (χ3n) is 1.40. The van der Waals surface area contributed by atoms with Crippen LogP contribution in [0.25, 0.3) is 0 Å². The Hall–Kier alpha value is 1.33. The van der Waals surface area contributed by atoms with Gasteiger partial charge in [0, 0.05) is 53.8 Å². The van der Waals surface area contributed by atoms with E-state index in [0.29, 0.717) is 0 Å². The summed E-state index contributed by atoms with van der Waals surface area (Å²) >= 11 is 0. The summed E-state index contributed by atoms with van der Waals surface area (Å²) < 4.78 is 0. The summed E-state index contributed by atoms with van der Waals surface area (Å²) in [6.07, 6.45) is 2.87. The van der Waals surface area contributed by atoms with Gasteiger partial charge in [0.25, 0.3) is 0 Å². The number of rotatable bonds is 4. The predicted octanol–water partition coefficient (Wildman–Crippen LogP) is 2.17. The molecule has 3 heteroatoms. The van der Waals surface area contributed by atoms with Crippen molar-refractivity contribution in [3.63, 3.8) is 0 Å². The van der Waals surface area contributed by atoms with Gasteiger partial charge in [0.15, 0.2) is 0 Å². The van der Waals surface area contributed by atoms with Gasteiger partial charge in [-0.2, -0.15) is 19.8 Å². The monoisotopic (exact) mass is 399 g/mol. The first-order valence-corrected chi connectivity index (χ1v) is 3.31. The minimum Gasteiger partial charge on any atom is -0.343 e. The Morgan fingerprint density at radius 1 is 1.55 bits per heavy atom. The summed E-state index contributed by atoms with van der Waals surface area (Å²) in [7, 11) is 0. The standard InChI is InChI=1S/C8H14O.W.Y/c1-4-5-6-7(2)8(3)9;;/h1,4-6H2,2-3H3;;/q-2;;. The molecule has 0 amide bonds. The predicted molar refractivity (Wildman–Crippen MR) is 38.8 cm³/mol. The largest absolute Gasteiger partial charge is 0.343 e. The summed E-state index contributed by atoms with van der Waals surface area (Å²) in [6.45, 7) is 7.19. The fourth-order valence-corrected chi connectivity index (χ4v) is 0.566. The number of carbonyl (C=O) groups is 1. The molecular weight excluding hydrogens is 385 g/mol. The Labute approximate surface area is 109 Å². The smallest absolute Gasteiger partial charge is 0 e. The van der Waals surface area contributed by atoms with Gasteiger partial charge in [0.1, 0.15) is 0 Å². The van der Waals surface area contributed by atoms with Gasteiger partial charge in [-0.15, -0.1) is 6.42 Å². The maximum Gasteiger partial charge on any atom is 0 e. The van der Waals surface area contributed by atoms with Crippen molar-refractivity contribution in [3.05, 3.63) is 12.8 Å². The van der Waals surface area contributed by atoms with Crippen molar-refractivity contribution in [2.45, 2.75) is 33.1 Å². The van der Waals surface area contributed by atoms with Crippen molar-refractivity contribution in [1.82, 2.24) is 0 Å². The Kier molecular flexibility index (Phi) is 18.7. The van der Waals surface area contributed by atoms with Crippen LogP contribution >= 0.6 is 0 Å². The fraction of sp³-hybridized carbons (Fsp3) is 0.625. The molecule has 0 saturated carbocycles. The molecule has 0 atom stereocenters. The summed E-state index contributed by atoms with van der Waals surface area (Å²) in [5.74, 6) is 1.18. The molecule has 0 aromatic rings. The number of ketones is 1. The van der Waals surface area contributed by atoms with E-state index in [9.17, 15) is 4.79 Å². The summed E-state index contributed by atoms with van der Waals surface area (Å²) in [6, 6.07) is 0. The third-order valence-corrected chi connectivity index (χ3v) is 1.40. The zero-order valence-electron chi connectivity index (χ0n) is 7.22. The zero-order chi connectivity index (χ0) is 7.28. The van der Waals surface area contributed by atoms with Crippen LogP contribution in [0.5, 0.6) is 0 Å². The van der Waals surface area contributed by atoms with Crippen LogP contribution in [0.2, 0.25) is 0 Å². The van der Waals surface area contributed by atoms with E-state index in [2.05, 4.69) is 6.92 Å². The van der Waals surface area contributed by atoms with E-state index in [1.54, 1.807) is 6.92 Å². The third kappa shape index (κ3) is 11.3. The quantitative estimate of drug-likeness (QED) is 0.663. The topological polar surface area (TPSA) is 17.1 Å². The number of carbonyl (C=O) groups excluding carboxylic acids is 1. The van der Waals surface area contributed by atoms with Crippen LogP contribution < -0.4 is 0 Å². The molecule has 0 rings (SSSR count). The molecule has 0 aromatic carbocycles. The molecule has 1 nitrogen and oxygen atoms in total. The summed E-state index contributed by atoms with van der Waals surface area (Å²) in [5, 5.41) is 0. The molecule has 0 aliphatic heterocycles. The number of hydrogen-bond acceptors (Lipinski definition) is 1. The summed E-state index contributed by atoms with van der Waals surface area (Å²) in [4.78, 5) is 10.6. The normalized spacial score (nSPS) is 7.55. The van der Waals surface area contributed by atoms with E-state index in [-0.39, 0.29) is 59.6 Å². The molecule has 0 spiro atoms. The first kappa shape index (κ1) is 18.2. The Bertz CT molecular complexity index is 96.1. The molecule has 0 heterocycles. The van der Waals surface area contributed by atoms with E-state index < -0.39 is 0 Å². The van der Waals surface area contributed by atoms with Crippen molar-refractivity contribution >= 4 is 5.78 Å². The SMILES string of the molecule is [CH2-]CCC[C-](C)C(C)=O.[W].[Y].